The first-order valence-electron chi connectivity index (χ1n) is 8.36. The molecule has 1 aliphatic heterocycles. The Balaban J connectivity index is 1.35. The number of likely N-dealkylation sites (tertiary alicyclic amines) is 1. The molecule has 23 heavy (non-hydrogen) atoms. The van der Waals surface area contributed by atoms with Crippen molar-refractivity contribution in [1.82, 2.24) is 20.4 Å². The first kappa shape index (κ1) is 14.9. The normalized spacial score (nSPS) is 19.9. The summed E-state index contributed by atoms with van der Waals surface area (Å²) in [5.74, 6) is -0.0642. The number of aromatic amines is 1. The van der Waals surface area contributed by atoms with E-state index in [-0.39, 0.29) is 11.9 Å². The monoisotopic (exact) mass is 330 g/mol. The Bertz CT molecular complexity index is 695. The molecule has 2 aromatic heterocycles. The molecule has 0 bridgehead atoms. The Hall–Kier alpha value is -1.66. The zero-order chi connectivity index (χ0) is 15.8. The summed E-state index contributed by atoms with van der Waals surface area (Å²) in [4.78, 5) is 17.3. The van der Waals surface area contributed by atoms with Gasteiger partial charge in [0, 0.05) is 30.1 Å². The molecule has 4 rings (SSSR count). The molecule has 2 fully saturated rings. The summed E-state index contributed by atoms with van der Waals surface area (Å²) in [6.45, 7) is 4.29. The third kappa shape index (κ3) is 3.33. The number of hydrogen-bond acceptors (Lipinski definition) is 4. The van der Waals surface area contributed by atoms with E-state index in [1.807, 2.05) is 6.07 Å². The maximum absolute atomic E-state index is 12.4. The lowest BCUT2D eigenvalue weighted by molar-refractivity contribution is 0.0904. The molecule has 122 valence electrons. The highest BCUT2D eigenvalue weighted by Gasteiger charge is 2.32. The van der Waals surface area contributed by atoms with Gasteiger partial charge in [-0.25, -0.2) is 0 Å². The topological polar surface area (TPSA) is 61.0 Å². The number of aromatic nitrogens is 2. The summed E-state index contributed by atoms with van der Waals surface area (Å²) in [6.07, 6.45) is 4.80. The lowest BCUT2D eigenvalue weighted by Crippen LogP contribution is -2.45. The van der Waals surface area contributed by atoms with Crippen LogP contribution in [0.2, 0.25) is 0 Å². The van der Waals surface area contributed by atoms with Crippen LogP contribution in [0.4, 0.5) is 0 Å². The van der Waals surface area contributed by atoms with Crippen LogP contribution in [0, 0.1) is 6.92 Å². The maximum atomic E-state index is 12.4. The lowest BCUT2D eigenvalue weighted by Gasteiger charge is -2.32. The predicted octanol–water partition coefficient (Wildman–Crippen LogP) is 2.80. The molecular formula is C17H22N4OS. The molecule has 0 unspecified atom stereocenters. The summed E-state index contributed by atoms with van der Waals surface area (Å²) in [5, 5.41) is 10.3. The molecule has 1 amide bonds. The molecule has 0 radical (unpaired) electrons. The number of H-pyrrole nitrogens is 1. The quantitative estimate of drug-likeness (QED) is 0.906. The van der Waals surface area contributed by atoms with Crippen LogP contribution in [-0.2, 0) is 0 Å². The molecule has 2 aliphatic rings. The summed E-state index contributed by atoms with van der Waals surface area (Å²) < 4.78 is 0. The number of thiophene rings is 1. The van der Waals surface area contributed by atoms with Gasteiger partial charge in [-0.3, -0.25) is 9.89 Å². The van der Waals surface area contributed by atoms with Crippen LogP contribution in [0.25, 0.3) is 10.6 Å². The van der Waals surface area contributed by atoms with E-state index in [1.54, 1.807) is 11.3 Å². The van der Waals surface area contributed by atoms with Crippen molar-refractivity contribution >= 4 is 17.2 Å². The molecule has 2 N–H and O–H groups in total. The van der Waals surface area contributed by atoms with Crippen LogP contribution in [0.3, 0.4) is 0 Å². The summed E-state index contributed by atoms with van der Waals surface area (Å²) >= 11 is 1.70. The van der Waals surface area contributed by atoms with Gasteiger partial charge in [0.05, 0.1) is 10.6 Å². The van der Waals surface area contributed by atoms with Gasteiger partial charge in [-0.2, -0.15) is 5.10 Å². The average molecular weight is 330 g/mol. The van der Waals surface area contributed by atoms with Crippen molar-refractivity contribution < 1.29 is 4.79 Å². The summed E-state index contributed by atoms with van der Waals surface area (Å²) in [6, 6.07) is 7.09. The maximum Gasteiger partial charge on any atom is 0.272 e. The lowest BCUT2D eigenvalue weighted by atomic mass is 10.0. The van der Waals surface area contributed by atoms with E-state index in [1.165, 1.54) is 17.7 Å². The first-order valence-corrected chi connectivity index (χ1v) is 9.18. The Kier molecular flexibility index (Phi) is 3.95. The molecule has 6 heteroatoms. The fourth-order valence-electron chi connectivity index (χ4n) is 3.25. The van der Waals surface area contributed by atoms with Crippen molar-refractivity contribution in [2.45, 2.75) is 44.7 Å². The van der Waals surface area contributed by atoms with Crippen molar-refractivity contribution in [3.05, 3.63) is 28.8 Å². The minimum absolute atomic E-state index is 0.0642. The van der Waals surface area contributed by atoms with Gasteiger partial charge in [-0.15, -0.1) is 11.3 Å². The van der Waals surface area contributed by atoms with E-state index in [2.05, 4.69) is 39.5 Å². The molecule has 1 saturated heterocycles. The Morgan fingerprint density at radius 2 is 2.09 bits per heavy atom. The van der Waals surface area contributed by atoms with Crippen LogP contribution >= 0.6 is 11.3 Å². The highest BCUT2D eigenvalue weighted by atomic mass is 32.1. The van der Waals surface area contributed by atoms with Crippen molar-refractivity contribution in [2.75, 3.05) is 13.1 Å². The number of rotatable bonds is 4. The minimum Gasteiger partial charge on any atom is -0.348 e. The molecule has 1 saturated carbocycles. The number of aryl methyl sites for hydroxylation is 1. The van der Waals surface area contributed by atoms with E-state index in [9.17, 15) is 4.79 Å². The molecular weight excluding hydrogens is 308 g/mol. The van der Waals surface area contributed by atoms with Crippen molar-refractivity contribution in [3.8, 4) is 10.6 Å². The molecule has 0 aromatic carbocycles. The predicted molar refractivity (Wildman–Crippen MR) is 91.7 cm³/mol. The number of amides is 1. The van der Waals surface area contributed by atoms with E-state index >= 15 is 0 Å². The third-order valence-corrected chi connectivity index (χ3v) is 5.78. The Labute approximate surface area is 140 Å². The molecule has 3 heterocycles. The van der Waals surface area contributed by atoms with Crippen LogP contribution in [0.15, 0.2) is 18.2 Å². The first-order chi connectivity index (χ1) is 11.2. The van der Waals surface area contributed by atoms with E-state index in [0.717, 1.165) is 42.5 Å². The van der Waals surface area contributed by atoms with Gasteiger partial charge in [0.25, 0.3) is 5.91 Å². The van der Waals surface area contributed by atoms with Crippen molar-refractivity contribution in [1.29, 1.82) is 0 Å². The van der Waals surface area contributed by atoms with E-state index < -0.39 is 0 Å². The third-order valence-electron chi connectivity index (χ3n) is 4.74. The van der Waals surface area contributed by atoms with Crippen molar-refractivity contribution in [2.24, 2.45) is 0 Å². The molecule has 1 aliphatic carbocycles. The van der Waals surface area contributed by atoms with Crippen LogP contribution < -0.4 is 5.32 Å². The van der Waals surface area contributed by atoms with Crippen LogP contribution in [-0.4, -0.2) is 46.2 Å². The standard InChI is InChI=1S/C17H22N4OS/c1-11-2-5-16(23-11)14-10-15(20-19-14)17(22)18-12-6-8-21(9-7-12)13-3-4-13/h2,5,10,12-13H,3-4,6-9H2,1H3,(H,18,22)(H,19,20). The highest BCUT2D eigenvalue weighted by Crippen LogP contribution is 2.29. The molecule has 2 aromatic rings. The van der Waals surface area contributed by atoms with Gasteiger partial charge < -0.3 is 10.2 Å². The Morgan fingerprint density at radius 1 is 1.30 bits per heavy atom. The molecule has 0 spiro atoms. The van der Waals surface area contributed by atoms with Crippen molar-refractivity contribution in [3.63, 3.8) is 0 Å². The Morgan fingerprint density at radius 3 is 2.74 bits per heavy atom. The molecule has 0 atom stereocenters. The fraction of sp³-hybridized carbons (Fsp3) is 0.529. The van der Waals surface area contributed by atoms with Gasteiger partial charge >= 0.3 is 0 Å². The van der Waals surface area contributed by atoms with Crippen LogP contribution in [0.1, 0.15) is 41.0 Å². The summed E-state index contributed by atoms with van der Waals surface area (Å²) in [5.41, 5.74) is 1.40. The van der Waals surface area contributed by atoms with Gasteiger partial charge in [0.1, 0.15) is 0 Å². The number of nitrogens with zero attached hydrogens (tertiary/aromatic N) is 2. The number of carbonyl (C=O) groups is 1. The van der Waals surface area contributed by atoms with E-state index in [0.29, 0.717) is 5.69 Å². The van der Waals surface area contributed by atoms with Gasteiger partial charge in [-0.05, 0) is 50.8 Å². The highest BCUT2D eigenvalue weighted by molar-refractivity contribution is 7.15. The average Bonchev–Trinajstić information content (AvgIpc) is 3.11. The number of hydrogen-bond donors (Lipinski definition) is 2. The van der Waals surface area contributed by atoms with Crippen LogP contribution in [0.5, 0.6) is 0 Å². The second kappa shape index (κ2) is 6.09. The zero-order valence-electron chi connectivity index (χ0n) is 13.3. The second-order valence-electron chi connectivity index (χ2n) is 6.59. The second-order valence-corrected chi connectivity index (χ2v) is 7.88. The summed E-state index contributed by atoms with van der Waals surface area (Å²) in [7, 11) is 0. The van der Waals surface area contributed by atoms with E-state index in [4.69, 9.17) is 0 Å². The number of piperidine rings is 1. The number of nitrogens with one attached hydrogen (secondary N) is 2. The minimum atomic E-state index is -0.0642. The molecule has 5 nitrogen and oxygen atoms in total. The fourth-order valence-corrected chi connectivity index (χ4v) is 4.09. The van der Waals surface area contributed by atoms with Gasteiger partial charge in [-0.1, -0.05) is 0 Å². The zero-order valence-corrected chi connectivity index (χ0v) is 14.2. The van der Waals surface area contributed by atoms with Gasteiger partial charge in [0.2, 0.25) is 0 Å². The number of carbonyl (C=O) groups excluding carboxylic acids is 1. The SMILES string of the molecule is Cc1ccc(-c2cc(C(=O)NC3CCN(C4CC4)CC3)n[nH]2)s1. The largest absolute Gasteiger partial charge is 0.348 e. The van der Waals surface area contributed by atoms with Gasteiger partial charge in [0.15, 0.2) is 5.69 Å². The smallest absolute Gasteiger partial charge is 0.272 e.